The molecule has 0 radical (unpaired) electrons. The Bertz CT molecular complexity index is 488. The Morgan fingerprint density at radius 2 is 2.41 bits per heavy atom. The van der Waals surface area contributed by atoms with Gasteiger partial charge >= 0.3 is 5.82 Å². The SMILES string of the molecule is CC(=O)NCCC#Cc1cccnc1[N+](=O)[O-]. The van der Waals surface area contributed by atoms with E-state index in [-0.39, 0.29) is 17.3 Å². The molecule has 0 unspecified atom stereocenters. The second kappa shape index (κ2) is 6.23. The summed E-state index contributed by atoms with van der Waals surface area (Å²) in [6.45, 7) is 1.84. The Kier molecular flexibility index (Phi) is 4.63. The number of nitrogens with zero attached hydrogens (tertiary/aromatic N) is 2. The van der Waals surface area contributed by atoms with E-state index >= 15 is 0 Å². The maximum absolute atomic E-state index is 10.6. The molecule has 6 heteroatoms. The highest BCUT2D eigenvalue weighted by Gasteiger charge is 2.11. The van der Waals surface area contributed by atoms with Gasteiger partial charge in [-0.3, -0.25) is 4.79 Å². The molecular weight excluding hydrogens is 222 g/mol. The second-order valence-electron chi connectivity index (χ2n) is 3.17. The maximum Gasteiger partial charge on any atom is 0.379 e. The van der Waals surface area contributed by atoms with Crippen LogP contribution in [0.2, 0.25) is 0 Å². The molecule has 1 amide bonds. The first-order valence-corrected chi connectivity index (χ1v) is 4.94. The van der Waals surface area contributed by atoms with Crippen LogP contribution in [0.3, 0.4) is 0 Å². The Morgan fingerprint density at radius 1 is 1.65 bits per heavy atom. The zero-order valence-electron chi connectivity index (χ0n) is 9.27. The number of carbonyl (C=O) groups is 1. The van der Waals surface area contributed by atoms with E-state index in [0.29, 0.717) is 13.0 Å². The molecule has 0 atom stereocenters. The molecule has 0 aliphatic heterocycles. The summed E-state index contributed by atoms with van der Waals surface area (Å²) in [5.74, 6) is 5.03. The molecule has 17 heavy (non-hydrogen) atoms. The molecule has 1 rings (SSSR count). The number of nitro groups is 1. The van der Waals surface area contributed by atoms with Crippen molar-refractivity contribution in [3.8, 4) is 11.8 Å². The highest BCUT2D eigenvalue weighted by molar-refractivity contribution is 5.72. The number of carbonyl (C=O) groups excluding carboxylic acids is 1. The van der Waals surface area contributed by atoms with E-state index in [2.05, 4.69) is 22.1 Å². The molecule has 0 aliphatic rings. The van der Waals surface area contributed by atoms with Crippen LogP contribution in [0.4, 0.5) is 5.82 Å². The largest absolute Gasteiger partial charge is 0.379 e. The third-order valence-electron chi connectivity index (χ3n) is 1.81. The van der Waals surface area contributed by atoms with Crippen LogP contribution in [0.15, 0.2) is 18.3 Å². The normalized spacial score (nSPS) is 9.00. The first-order valence-electron chi connectivity index (χ1n) is 4.94. The van der Waals surface area contributed by atoms with Crippen molar-refractivity contribution in [3.63, 3.8) is 0 Å². The summed E-state index contributed by atoms with van der Waals surface area (Å²) in [5.41, 5.74) is 0.278. The maximum atomic E-state index is 10.6. The van der Waals surface area contributed by atoms with Gasteiger partial charge in [-0.25, -0.2) is 0 Å². The van der Waals surface area contributed by atoms with Crippen LogP contribution in [0.25, 0.3) is 0 Å². The van der Waals surface area contributed by atoms with Gasteiger partial charge in [0.15, 0.2) is 0 Å². The Morgan fingerprint density at radius 3 is 3.06 bits per heavy atom. The third-order valence-corrected chi connectivity index (χ3v) is 1.81. The lowest BCUT2D eigenvalue weighted by Crippen LogP contribution is -2.20. The smallest absolute Gasteiger partial charge is 0.358 e. The Hall–Kier alpha value is -2.42. The molecule has 88 valence electrons. The van der Waals surface area contributed by atoms with E-state index in [0.717, 1.165) is 0 Å². The average molecular weight is 233 g/mol. The van der Waals surface area contributed by atoms with E-state index in [4.69, 9.17) is 0 Å². The lowest BCUT2D eigenvalue weighted by molar-refractivity contribution is -0.389. The standard InChI is InChI=1S/C11H11N3O3/c1-9(15)12-7-3-2-5-10-6-4-8-13-11(10)14(16)17/h4,6,8H,3,7H2,1H3,(H,12,15). The number of rotatable bonds is 3. The van der Waals surface area contributed by atoms with Gasteiger partial charge in [0.2, 0.25) is 5.91 Å². The van der Waals surface area contributed by atoms with E-state index in [1.54, 1.807) is 6.07 Å². The molecule has 1 aromatic heterocycles. The molecule has 1 aromatic rings. The summed E-state index contributed by atoms with van der Waals surface area (Å²) in [6, 6.07) is 3.13. The van der Waals surface area contributed by atoms with Crippen molar-refractivity contribution in [3.05, 3.63) is 34.0 Å². The van der Waals surface area contributed by atoms with Gasteiger partial charge in [-0.2, -0.15) is 0 Å². The topological polar surface area (TPSA) is 85.1 Å². The molecule has 0 aromatic carbocycles. The van der Waals surface area contributed by atoms with Crippen LogP contribution < -0.4 is 5.32 Å². The molecule has 0 saturated heterocycles. The van der Waals surface area contributed by atoms with Crippen molar-refractivity contribution >= 4 is 11.7 Å². The third kappa shape index (κ3) is 4.30. The lowest BCUT2D eigenvalue weighted by Gasteiger charge is -1.95. The van der Waals surface area contributed by atoms with Gasteiger partial charge < -0.3 is 15.4 Å². The van der Waals surface area contributed by atoms with Crippen molar-refractivity contribution in [2.75, 3.05) is 6.54 Å². The quantitative estimate of drug-likeness (QED) is 0.363. The first-order chi connectivity index (χ1) is 8.11. The minimum Gasteiger partial charge on any atom is -0.358 e. The van der Waals surface area contributed by atoms with Crippen LogP contribution in [0, 0.1) is 22.0 Å². The minimum absolute atomic E-state index is 0.126. The summed E-state index contributed by atoms with van der Waals surface area (Å²) in [4.78, 5) is 24.2. The molecule has 0 spiro atoms. The summed E-state index contributed by atoms with van der Waals surface area (Å²) in [5, 5.41) is 13.2. The molecule has 6 nitrogen and oxygen atoms in total. The van der Waals surface area contributed by atoms with E-state index in [9.17, 15) is 14.9 Å². The highest BCUT2D eigenvalue weighted by atomic mass is 16.6. The Labute approximate surface area is 98.2 Å². The fourth-order valence-electron chi connectivity index (χ4n) is 1.10. The molecule has 1 N–H and O–H groups in total. The second-order valence-corrected chi connectivity index (χ2v) is 3.17. The summed E-state index contributed by atoms with van der Waals surface area (Å²) in [6.07, 6.45) is 1.78. The van der Waals surface area contributed by atoms with Crippen molar-refractivity contribution in [1.82, 2.24) is 10.3 Å². The van der Waals surface area contributed by atoms with Crippen molar-refractivity contribution in [2.45, 2.75) is 13.3 Å². The summed E-state index contributed by atoms with van der Waals surface area (Å²) < 4.78 is 0. The van der Waals surface area contributed by atoms with Crippen LogP contribution in [0.1, 0.15) is 18.9 Å². The van der Waals surface area contributed by atoms with Gasteiger partial charge in [-0.1, -0.05) is 11.8 Å². The fraction of sp³-hybridized carbons (Fsp3) is 0.273. The minimum atomic E-state index is -0.572. The number of nitrogens with one attached hydrogen (secondary N) is 1. The molecule has 0 bridgehead atoms. The number of amides is 1. The van der Waals surface area contributed by atoms with Crippen LogP contribution in [0.5, 0.6) is 0 Å². The molecule has 1 heterocycles. The highest BCUT2D eigenvalue weighted by Crippen LogP contribution is 2.11. The van der Waals surface area contributed by atoms with Crippen molar-refractivity contribution < 1.29 is 9.72 Å². The van der Waals surface area contributed by atoms with Crippen LogP contribution in [-0.4, -0.2) is 22.4 Å². The molecule has 0 aliphatic carbocycles. The average Bonchev–Trinajstić information content (AvgIpc) is 2.28. The summed E-state index contributed by atoms with van der Waals surface area (Å²) in [7, 11) is 0. The first kappa shape index (κ1) is 12.6. The van der Waals surface area contributed by atoms with Crippen molar-refractivity contribution in [2.24, 2.45) is 0 Å². The van der Waals surface area contributed by atoms with Gasteiger partial charge in [-0.05, 0) is 22.0 Å². The van der Waals surface area contributed by atoms with Gasteiger partial charge in [0.1, 0.15) is 11.8 Å². The van der Waals surface area contributed by atoms with Gasteiger partial charge in [0.05, 0.1) is 0 Å². The van der Waals surface area contributed by atoms with Crippen LogP contribution >= 0.6 is 0 Å². The molecular formula is C11H11N3O3. The molecule has 0 fully saturated rings. The number of pyridine rings is 1. The molecule has 0 saturated carbocycles. The van der Waals surface area contributed by atoms with E-state index < -0.39 is 4.92 Å². The summed E-state index contributed by atoms with van der Waals surface area (Å²) >= 11 is 0. The monoisotopic (exact) mass is 233 g/mol. The number of aromatic nitrogens is 1. The van der Waals surface area contributed by atoms with E-state index in [1.807, 2.05) is 0 Å². The number of hydrogen-bond acceptors (Lipinski definition) is 4. The zero-order chi connectivity index (χ0) is 12.7. The van der Waals surface area contributed by atoms with Gasteiger partial charge in [-0.15, -0.1) is 0 Å². The van der Waals surface area contributed by atoms with Gasteiger partial charge in [0.25, 0.3) is 0 Å². The Balaban J connectivity index is 2.65. The van der Waals surface area contributed by atoms with Crippen molar-refractivity contribution in [1.29, 1.82) is 0 Å². The predicted molar refractivity (Wildman–Crippen MR) is 61.1 cm³/mol. The predicted octanol–water partition coefficient (Wildman–Crippen LogP) is 0.867. The van der Waals surface area contributed by atoms with Gasteiger partial charge in [0, 0.05) is 19.9 Å². The van der Waals surface area contributed by atoms with E-state index in [1.165, 1.54) is 19.2 Å². The lowest BCUT2D eigenvalue weighted by atomic mass is 10.2. The fourth-order valence-corrected chi connectivity index (χ4v) is 1.10. The number of hydrogen-bond donors (Lipinski definition) is 1. The zero-order valence-corrected chi connectivity index (χ0v) is 9.27. The van der Waals surface area contributed by atoms with Crippen LogP contribution in [-0.2, 0) is 4.79 Å².